The first-order valence-electron chi connectivity index (χ1n) is 11.7. The minimum Gasteiger partial charge on any atom is -0.507 e. The molecule has 2 amide bonds. The number of carbonyl (C=O) groups excluding carboxylic acids is 3. The molecule has 5 rings (SSSR count). The number of hydrogen-bond acceptors (Lipinski definition) is 6. The molecule has 0 aliphatic carbocycles. The number of aromatic hydroxyl groups is 1. The van der Waals surface area contributed by atoms with Gasteiger partial charge in [-0.05, 0) is 41.5 Å². The van der Waals surface area contributed by atoms with E-state index >= 15 is 0 Å². The molecule has 3 aromatic carbocycles. The summed E-state index contributed by atoms with van der Waals surface area (Å²) in [4.78, 5) is 44.2. The Hall–Kier alpha value is -5.37. The van der Waals surface area contributed by atoms with E-state index in [1.54, 1.807) is 12.3 Å². The topological polar surface area (TPSA) is 135 Å². The van der Waals surface area contributed by atoms with Crippen LogP contribution in [0.15, 0.2) is 91.1 Å². The lowest BCUT2D eigenvalue weighted by Gasteiger charge is -2.13. The van der Waals surface area contributed by atoms with Gasteiger partial charge in [-0.1, -0.05) is 54.6 Å². The summed E-state index contributed by atoms with van der Waals surface area (Å²) in [5.74, 6) is -1.16. The van der Waals surface area contributed by atoms with Crippen LogP contribution in [0.3, 0.4) is 0 Å². The number of nitrogens with zero attached hydrogens (tertiary/aromatic N) is 2. The molecule has 2 heterocycles. The number of hydrogen-bond donors (Lipinski definition) is 3. The van der Waals surface area contributed by atoms with Crippen LogP contribution < -0.4 is 11.1 Å². The van der Waals surface area contributed by atoms with Crippen LogP contribution in [0.1, 0.15) is 36.8 Å². The SMILES string of the molecule is NC(=O)c1cc2nc(-c3ccc(CNC(=O)c4ccc(O)c(C=O)c4)cc3)c(-c3ccccc3)cc2cn1. The van der Waals surface area contributed by atoms with Gasteiger partial charge in [-0.3, -0.25) is 19.4 Å². The van der Waals surface area contributed by atoms with E-state index < -0.39 is 5.91 Å². The fourth-order valence-electron chi connectivity index (χ4n) is 4.12. The van der Waals surface area contributed by atoms with Gasteiger partial charge >= 0.3 is 0 Å². The van der Waals surface area contributed by atoms with Gasteiger partial charge in [-0.25, -0.2) is 4.98 Å². The number of aldehydes is 1. The third-order valence-corrected chi connectivity index (χ3v) is 6.13. The number of fused-ring (bicyclic) bond motifs is 1. The maximum Gasteiger partial charge on any atom is 0.267 e. The van der Waals surface area contributed by atoms with Crippen molar-refractivity contribution in [1.82, 2.24) is 15.3 Å². The molecule has 0 unspecified atom stereocenters. The number of amides is 2. The van der Waals surface area contributed by atoms with Crippen LogP contribution in [0.5, 0.6) is 5.75 Å². The number of benzene rings is 3. The van der Waals surface area contributed by atoms with Crippen LogP contribution in [0.4, 0.5) is 0 Å². The maximum atomic E-state index is 12.5. The Bertz CT molecular complexity index is 1680. The highest BCUT2D eigenvalue weighted by Gasteiger charge is 2.14. The summed E-state index contributed by atoms with van der Waals surface area (Å²) in [6.45, 7) is 0.265. The van der Waals surface area contributed by atoms with Gasteiger partial charge in [-0.15, -0.1) is 0 Å². The summed E-state index contributed by atoms with van der Waals surface area (Å²) >= 11 is 0. The van der Waals surface area contributed by atoms with Crippen molar-refractivity contribution in [2.24, 2.45) is 5.73 Å². The van der Waals surface area contributed by atoms with Crippen LogP contribution in [0, 0.1) is 0 Å². The van der Waals surface area contributed by atoms with Crippen LogP contribution in [0.2, 0.25) is 0 Å². The van der Waals surface area contributed by atoms with Crippen molar-refractivity contribution in [2.45, 2.75) is 6.54 Å². The standard InChI is InChI=1S/C30H22N4O4/c31-29(37)26-14-25-22(16-32-26)13-24(19-4-2-1-3-5-19)28(34-25)20-8-6-18(7-9-20)15-33-30(38)21-10-11-27(36)23(12-21)17-35/h1-14,16-17,36H,15H2,(H2,31,37)(H,33,38). The lowest BCUT2D eigenvalue weighted by Crippen LogP contribution is -2.22. The van der Waals surface area contributed by atoms with Crippen LogP contribution in [-0.4, -0.2) is 33.2 Å². The van der Waals surface area contributed by atoms with E-state index in [2.05, 4.69) is 10.3 Å². The highest BCUT2D eigenvalue weighted by atomic mass is 16.3. The first kappa shape index (κ1) is 24.3. The van der Waals surface area contributed by atoms with Crippen molar-refractivity contribution < 1.29 is 19.5 Å². The molecular formula is C30H22N4O4. The fourth-order valence-corrected chi connectivity index (χ4v) is 4.12. The molecule has 8 heteroatoms. The van der Waals surface area contributed by atoms with Gasteiger partial charge in [0.05, 0.1) is 16.8 Å². The Morgan fingerprint density at radius 1 is 0.921 bits per heavy atom. The van der Waals surface area contributed by atoms with E-state index in [0.717, 1.165) is 33.3 Å². The molecular weight excluding hydrogens is 480 g/mol. The number of nitrogens with two attached hydrogens (primary N) is 1. The number of phenols is 1. The molecule has 0 aliphatic rings. The Kier molecular flexibility index (Phi) is 6.61. The van der Waals surface area contributed by atoms with Crippen molar-refractivity contribution in [3.8, 4) is 28.1 Å². The number of primary amides is 1. The number of nitrogens with one attached hydrogen (secondary N) is 1. The van der Waals surface area contributed by atoms with Crippen LogP contribution >= 0.6 is 0 Å². The molecule has 0 saturated carbocycles. The van der Waals surface area contributed by atoms with Crippen molar-refractivity contribution in [3.05, 3.63) is 114 Å². The Balaban J connectivity index is 1.44. The Morgan fingerprint density at radius 2 is 1.68 bits per heavy atom. The first-order valence-corrected chi connectivity index (χ1v) is 11.7. The predicted molar refractivity (Wildman–Crippen MR) is 144 cm³/mol. The molecule has 0 atom stereocenters. The molecule has 0 radical (unpaired) electrons. The molecule has 186 valence electrons. The molecule has 5 aromatic rings. The minimum absolute atomic E-state index is 0.0536. The lowest BCUT2D eigenvalue weighted by molar-refractivity contribution is 0.0949. The third kappa shape index (κ3) is 4.96. The van der Waals surface area contributed by atoms with E-state index in [1.165, 1.54) is 18.2 Å². The van der Waals surface area contributed by atoms with Gasteiger partial charge in [0.15, 0.2) is 6.29 Å². The molecule has 4 N–H and O–H groups in total. The Morgan fingerprint density at radius 3 is 2.39 bits per heavy atom. The van der Waals surface area contributed by atoms with E-state index in [4.69, 9.17) is 10.7 Å². The quantitative estimate of drug-likeness (QED) is 0.280. The number of aromatic nitrogens is 2. The second kappa shape index (κ2) is 10.3. The molecule has 0 spiro atoms. The van der Waals surface area contributed by atoms with E-state index in [-0.39, 0.29) is 35.0 Å². The van der Waals surface area contributed by atoms with Gasteiger partial charge in [0.25, 0.3) is 11.8 Å². The zero-order valence-corrected chi connectivity index (χ0v) is 20.1. The summed E-state index contributed by atoms with van der Waals surface area (Å²) in [7, 11) is 0. The Labute approximate surface area is 217 Å². The normalized spacial score (nSPS) is 10.7. The second-order valence-corrected chi connectivity index (χ2v) is 8.65. The molecule has 0 aliphatic heterocycles. The van der Waals surface area contributed by atoms with Crippen molar-refractivity contribution >= 4 is 29.0 Å². The molecule has 0 saturated heterocycles. The van der Waals surface area contributed by atoms with Gasteiger partial charge < -0.3 is 16.2 Å². The van der Waals surface area contributed by atoms with Gasteiger partial charge in [0.2, 0.25) is 0 Å². The largest absolute Gasteiger partial charge is 0.507 e. The van der Waals surface area contributed by atoms with Crippen molar-refractivity contribution in [3.63, 3.8) is 0 Å². The lowest BCUT2D eigenvalue weighted by atomic mass is 9.97. The van der Waals surface area contributed by atoms with E-state index in [1.807, 2.05) is 60.7 Å². The van der Waals surface area contributed by atoms with Crippen molar-refractivity contribution in [1.29, 1.82) is 0 Å². The van der Waals surface area contributed by atoms with Gasteiger partial charge in [0.1, 0.15) is 11.4 Å². The summed E-state index contributed by atoms with van der Waals surface area (Å²) in [5, 5.41) is 13.2. The molecule has 8 nitrogen and oxygen atoms in total. The van der Waals surface area contributed by atoms with Crippen LogP contribution in [0.25, 0.3) is 33.3 Å². The first-order chi connectivity index (χ1) is 18.4. The van der Waals surface area contributed by atoms with E-state index in [9.17, 15) is 19.5 Å². The average molecular weight is 503 g/mol. The van der Waals surface area contributed by atoms with E-state index in [0.29, 0.717) is 11.8 Å². The minimum atomic E-state index is -0.622. The monoisotopic (exact) mass is 502 g/mol. The zero-order chi connectivity index (χ0) is 26.6. The van der Waals surface area contributed by atoms with Gasteiger partial charge in [-0.2, -0.15) is 0 Å². The van der Waals surface area contributed by atoms with Crippen LogP contribution in [-0.2, 0) is 6.54 Å². The zero-order valence-electron chi connectivity index (χ0n) is 20.1. The van der Waals surface area contributed by atoms with Gasteiger partial charge in [0, 0.05) is 34.8 Å². The number of pyridine rings is 2. The summed E-state index contributed by atoms with van der Waals surface area (Å²) in [6, 6.07) is 25.2. The van der Waals surface area contributed by atoms with Crippen molar-refractivity contribution in [2.75, 3.05) is 0 Å². The predicted octanol–water partition coefficient (Wildman–Crippen LogP) is 4.51. The maximum absolute atomic E-state index is 12.5. The fraction of sp³-hybridized carbons (Fsp3) is 0.0333. The number of rotatable bonds is 7. The molecule has 38 heavy (non-hydrogen) atoms. The average Bonchev–Trinajstić information content (AvgIpc) is 2.96. The highest BCUT2D eigenvalue weighted by molar-refractivity contribution is 5.97. The number of carbonyl (C=O) groups is 3. The second-order valence-electron chi connectivity index (χ2n) is 8.65. The third-order valence-electron chi connectivity index (χ3n) is 6.13. The highest BCUT2D eigenvalue weighted by Crippen LogP contribution is 2.33. The summed E-state index contributed by atoms with van der Waals surface area (Å²) < 4.78 is 0. The molecule has 0 bridgehead atoms. The summed E-state index contributed by atoms with van der Waals surface area (Å²) in [5.41, 5.74) is 10.8. The molecule has 2 aromatic heterocycles. The molecule has 0 fully saturated rings. The smallest absolute Gasteiger partial charge is 0.267 e. The number of phenolic OH excluding ortho intramolecular Hbond substituents is 1. The summed E-state index contributed by atoms with van der Waals surface area (Å²) in [6.07, 6.45) is 2.09.